The molecule has 1 saturated heterocycles. The molecule has 0 aromatic heterocycles. The van der Waals surface area contributed by atoms with E-state index in [1.54, 1.807) is 0 Å². The van der Waals surface area contributed by atoms with Gasteiger partial charge in [-0.15, -0.1) is 0 Å². The van der Waals surface area contributed by atoms with Crippen LogP contribution in [-0.2, 0) is 9.53 Å². The molecule has 2 rings (SSSR count). The van der Waals surface area contributed by atoms with Gasteiger partial charge in [-0.05, 0) is 32.6 Å². The lowest BCUT2D eigenvalue weighted by molar-refractivity contribution is -0.207. The molecule has 20 heavy (non-hydrogen) atoms. The Kier molecular flexibility index (Phi) is 4.03. The predicted molar refractivity (Wildman–Crippen MR) is 65.4 cm³/mol. The summed E-state index contributed by atoms with van der Waals surface area (Å²) in [5, 5.41) is 11.0. The summed E-state index contributed by atoms with van der Waals surface area (Å²) in [5.41, 5.74) is -3.09. The maximum Gasteiger partial charge on any atom is 0.417 e. The molecule has 0 amide bonds. The van der Waals surface area contributed by atoms with Crippen LogP contribution in [0.2, 0.25) is 0 Å². The first-order valence-corrected chi connectivity index (χ1v) is 6.92. The lowest BCUT2D eigenvalue weighted by Crippen LogP contribution is -2.61. The topological polar surface area (TPSA) is 58.6 Å². The second kappa shape index (κ2) is 5.18. The molecule has 116 valence electrons. The van der Waals surface area contributed by atoms with Gasteiger partial charge in [-0.2, -0.15) is 13.2 Å². The number of carboxylic acid groups (broad SMARTS) is 1. The standard InChI is InChI=1S/C13H20F3NO3/c1-11(10(18)19,13(14,15)16)17-8-9-4-7-12(20-9)5-2-3-6-12/h9,17H,2-8H2,1H3,(H,18,19). The predicted octanol–water partition coefficient (Wildman–Crippen LogP) is 2.47. The lowest BCUT2D eigenvalue weighted by atomic mass is 9.98. The Hall–Kier alpha value is -0.820. The Morgan fingerprint density at radius 2 is 1.95 bits per heavy atom. The van der Waals surface area contributed by atoms with E-state index in [-0.39, 0.29) is 18.2 Å². The Bertz CT molecular complexity index is 380. The van der Waals surface area contributed by atoms with Gasteiger partial charge in [-0.3, -0.25) is 5.32 Å². The summed E-state index contributed by atoms with van der Waals surface area (Å²) in [7, 11) is 0. The molecule has 1 saturated carbocycles. The van der Waals surface area contributed by atoms with Gasteiger partial charge in [0.1, 0.15) is 0 Å². The van der Waals surface area contributed by atoms with E-state index in [9.17, 15) is 18.0 Å². The van der Waals surface area contributed by atoms with Crippen molar-refractivity contribution in [3.63, 3.8) is 0 Å². The molecule has 0 radical (unpaired) electrons. The van der Waals surface area contributed by atoms with Crippen LogP contribution in [0.1, 0.15) is 45.4 Å². The zero-order valence-corrected chi connectivity index (χ0v) is 11.4. The number of carbonyl (C=O) groups is 1. The number of nitrogens with one attached hydrogen (secondary N) is 1. The molecule has 1 heterocycles. The summed E-state index contributed by atoms with van der Waals surface area (Å²) in [4.78, 5) is 10.9. The highest BCUT2D eigenvalue weighted by molar-refractivity contribution is 5.79. The Balaban J connectivity index is 1.93. The lowest BCUT2D eigenvalue weighted by Gasteiger charge is -2.30. The SMILES string of the molecule is CC(NCC1CCC2(CCCC2)O1)(C(=O)O)C(F)(F)F. The van der Waals surface area contributed by atoms with Crippen molar-refractivity contribution < 1.29 is 27.8 Å². The molecule has 0 aromatic carbocycles. The van der Waals surface area contributed by atoms with Gasteiger partial charge in [0.25, 0.3) is 0 Å². The van der Waals surface area contributed by atoms with Crippen LogP contribution < -0.4 is 5.32 Å². The fourth-order valence-electron chi connectivity index (χ4n) is 3.04. The van der Waals surface area contributed by atoms with Gasteiger partial charge in [0.2, 0.25) is 5.54 Å². The smallest absolute Gasteiger partial charge is 0.417 e. The number of halogens is 3. The van der Waals surface area contributed by atoms with Gasteiger partial charge < -0.3 is 9.84 Å². The molecule has 2 aliphatic rings. The minimum atomic E-state index is -4.84. The van der Waals surface area contributed by atoms with Gasteiger partial charge in [0.05, 0.1) is 11.7 Å². The molecule has 1 aliphatic carbocycles. The first-order chi connectivity index (χ1) is 9.19. The number of carboxylic acids is 1. The molecule has 2 unspecified atom stereocenters. The fraction of sp³-hybridized carbons (Fsp3) is 0.923. The molecular weight excluding hydrogens is 275 g/mol. The number of hydrogen-bond acceptors (Lipinski definition) is 3. The van der Waals surface area contributed by atoms with Crippen LogP contribution in [0.4, 0.5) is 13.2 Å². The largest absolute Gasteiger partial charge is 0.480 e. The third kappa shape index (κ3) is 2.79. The molecular formula is C13H20F3NO3. The minimum absolute atomic E-state index is 0.0932. The van der Waals surface area contributed by atoms with Crippen molar-refractivity contribution >= 4 is 5.97 Å². The van der Waals surface area contributed by atoms with Crippen molar-refractivity contribution in [2.45, 2.75) is 68.9 Å². The van der Waals surface area contributed by atoms with Crippen LogP contribution in [-0.4, -0.2) is 41.0 Å². The van der Waals surface area contributed by atoms with Crippen LogP contribution in [0.25, 0.3) is 0 Å². The fourth-order valence-corrected chi connectivity index (χ4v) is 3.04. The van der Waals surface area contributed by atoms with Gasteiger partial charge in [0, 0.05) is 6.54 Å². The zero-order valence-electron chi connectivity index (χ0n) is 11.4. The first kappa shape index (κ1) is 15.6. The monoisotopic (exact) mass is 295 g/mol. The van der Waals surface area contributed by atoms with Crippen molar-refractivity contribution in [2.24, 2.45) is 0 Å². The van der Waals surface area contributed by atoms with E-state index in [4.69, 9.17) is 9.84 Å². The molecule has 2 atom stereocenters. The van der Waals surface area contributed by atoms with Crippen LogP contribution in [0.3, 0.4) is 0 Å². The van der Waals surface area contributed by atoms with Crippen LogP contribution >= 0.6 is 0 Å². The van der Waals surface area contributed by atoms with Crippen LogP contribution in [0.15, 0.2) is 0 Å². The normalized spacial score (nSPS) is 28.7. The van der Waals surface area contributed by atoms with Gasteiger partial charge in [-0.1, -0.05) is 12.8 Å². The van der Waals surface area contributed by atoms with E-state index in [2.05, 4.69) is 5.32 Å². The van der Waals surface area contributed by atoms with Gasteiger partial charge >= 0.3 is 12.1 Å². The first-order valence-electron chi connectivity index (χ1n) is 6.92. The number of ether oxygens (including phenoxy) is 1. The molecule has 0 aromatic rings. The second-order valence-electron chi connectivity index (χ2n) is 5.98. The maximum atomic E-state index is 12.8. The highest BCUT2D eigenvalue weighted by Crippen LogP contribution is 2.43. The summed E-state index contributed by atoms with van der Waals surface area (Å²) >= 11 is 0. The Labute approximate surface area is 115 Å². The Morgan fingerprint density at radius 3 is 2.45 bits per heavy atom. The average molecular weight is 295 g/mol. The van der Waals surface area contributed by atoms with E-state index >= 15 is 0 Å². The number of hydrogen-bond donors (Lipinski definition) is 2. The van der Waals surface area contributed by atoms with Gasteiger partial charge in [0.15, 0.2) is 0 Å². The molecule has 1 aliphatic heterocycles. The van der Waals surface area contributed by atoms with Crippen molar-refractivity contribution in [1.82, 2.24) is 5.32 Å². The summed E-state index contributed by atoms with van der Waals surface area (Å²) < 4.78 is 44.4. The number of rotatable bonds is 4. The number of aliphatic carboxylic acids is 1. The molecule has 7 heteroatoms. The zero-order chi connectivity index (χ0) is 15.0. The molecule has 4 nitrogen and oxygen atoms in total. The summed E-state index contributed by atoms with van der Waals surface area (Å²) in [6, 6.07) is 0. The van der Waals surface area contributed by atoms with E-state index in [0.717, 1.165) is 32.1 Å². The molecule has 2 N–H and O–H groups in total. The van der Waals surface area contributed by atoms with Crippen molar-refractivity contribution in [3.05, 3.63) is 0 Å². The third-order valence-corrected chi connectivity index (χ3v) is 4.53. The highest BCUT2D eigenvalue weighted by Gasteiger charge is 2.57. The summed E-state index contributed by atoms with van der Waals surface area (Å²) in [6.07, 6.45) is 0.454. The maximum absolute atomic E-state index is 12.8. The van der Waals surface area contributed by atoms with Crippen molar-refractivity contribution in [2.75, 3.05) is 6.54 Å². The van der Waals surface area contributed by atoms with Crippen LogP contribution in [0, 0.1) is 0 Å². The highest BCUT2D eigenvalue weighted by atomic mass is 19.4. The van der Waals surface area contributed by atoms with E-state index in [1.807, 2.05) is 0 Å². The van der Waals surface area contributed by atoms with E-state index < -0.39 is 17.7 Å². The molecule has 1 spiro atoms. The van der Waals surface area contributed by atoms with Crippen LogP contribution in [0.5, 0.6) is 0 Å². The summed E-state index contributed by atoms with van der Waals surface area (Å²) in [6.45, 7) is 0.555. The number of alkyl halides is 3. The average Bonchev–Trinajstić information content (AvgIpc) is 2.95. The van der Waals surface area contributed by atoms with E-state index in [0.29, 0.717) is 13.3 Å². The third-order valence-electron chi connectivity index (χ3n) is 4.53. The van der Waals surface area contributed by atoms with Crippen molar-refractivity contribution in [3.8, 4) is 0 Å². The minimum Gasteiger partial charge on any atom is -0.480 e. The van der Waals surface area contributed by atoms with Gasteiger partial charge in [-0.25, -0.2) is 4.79 Å². The van der Waals surface area contributed by atoms with Crippen molar-refractivity contribution in [1.29, 1.82) is 0 Å². The van der Waals surface area contributed by atoms with E-state index in [1.165, 1.54) is 0 Å². The Morgan fingerprint density at radius 1 is 1.35 bits per heavy atom. The summed E-state index contributed by atoms with van der Waals surface area (Å²) in [5.74, 6) is -1.92. The quantitative estimate of drug-likeness (QED) is 0.836. The second-order valence-corrected chi connectivity index (χ2v) is 5.98. The molecule has 2 fully saturated rings. The molecule has 0 bridgehead atoms.